The van der Waals surface area contributed by atoms with Gasteiger partial charge in [0.15, 0.2) is 5.78 Å². The Morgan fingerprint density at radius 3 is 2.72 bits per heavy atom. The molecule has 0 amide bonds. The number of nitrogens with zero attached hydrogens (tertiary/aromatic N) is 6. The summed E-state index contributed by atoms with van der Waals surface area (Å²) in [4.78, 5) is 23.7. The fourth-order valence-corrected chi connectivity index (χ4v) is 3.37. The van der Waals surface area contributed by atoms with E-state index < -0.39 is 5.97 Å². The second-order valence-electron chi connectivity index (χ2n) is 6.52. The summed E-state index contributed by atoms with van der Waals surface area (Å²) < 4.78 is 4.97. The Kier molecular flexibility index (Phi) is 4.55. The van der Waals surface area contributed by atoms with Gasteiger partial charge in [-0.05, 0) is 31.2 Å². The number of carboxylic acid groups (broad SMARTS) is 1. The normalized spacial score (nSPS) is 11.6. The first-order valence-electron chi connectivity index (χ1n) is 8.91. The fourth-order valence-electron chi connectivity index (χ4n) is 3.37. The van der Waals surface area contributed by atoms with Crippen LogP contribution in [0.25, 0.3) is 22.8 Å². The van der Waals surface area contributed by atoms with Gasteiger partial charge in [-0.2, -0.15) is 5.10 Å². The van der Waals surface area contributed by atoms with Gasteiger partial charge in [-0.25, -0.2) is 9.20 Å². The minimum atomic E-state index is -1.02. The van der Waals surface area contributed by atoms with E-state index >= 15 is 0 Å². The third kappa shape index (κ3) is 3.22. The smallest absolute Gasteiger partial charge is 0.325 e. The molecule has 146 valence electrons. The Morgan fingerprint density at radius 1 is 1.24 bits per heavy atom. The number of rotatable bonds is 7. The second-order valence-corrected chi connectivity index (χ2v) is 6.52. The number of carboxylic acids is 1. The molecule has 0 aliphatic rings. The first-order valence-corrected chi connectivity index (χ1v) is 8.91. The van der Waals surface area contributed by atoms with Crippen LogP contribution in [0.1, 0.15) is 21.7 Å². The van der Waals surface area contributed by atoms with Crippen molar-refractivity contribution in [2.75, 3.05) is 0 Å². The van der Waals surface area contributed by atoms with Crippen LogP contribution >= 0.6 is 0 Å². The molecule has 9 heteroatoms. The third-order valence-electron chi connectivity index (χ3n) is 4.51. The Morgan fingerprint density at radius 2 is 2.00 bits per heavy atom. The lowest BCUT2D eigenvalue weighted by atomic mass is 10.1. The molecule has 0 saturated carbocycles. The van der Waals surface area contributed by atoms with Gasteiger partial charge in [0, 0.05) is 6.54 Å². The molecule has 29 heavy (non-hydrogen) atoms. The summed E-state index contributed by atoms with van der Waals surface area (Å²) in [5, 5.41) is 21.0. The van der Waals surface area contributed by atoms with E-state index in [-0.39, 0.29) is 12.3 Å². The number of benzene rings is 1. The SMILES string of the molecule is C=CCn1c2ccccc2n2nc(C)c(C(=O)C=Cc3cn(CC(=O)O)nn3)c12. The van der Waals surface area contributed by atoms with E-state index in [4.69, 9.17) is 5.11 Å². The maximum absolute atomic E-state index is 13.0. The Balaban J connectivity index is 1.76. The molecule has 3 aromatic heterocycles. The molecule has 0 unspecified atom stereocenters. The summed E-state index contributed by atoms with van der Waals surface area (Å²) in [5.74, 6) is -1.24. The monoisotopic (exact) mass is 390 g/mol. The standard InChI is InChI=1S/C20H18N6O3/c1-3-10-25-15-6-4-5-7-16(15)26-20(25)19(13(2)22-26)17(27)9-8-14-11-24(23-21-14)12-18(28)29/h3-9,11H,1,10,12H2,2H3,(H,28,29). The number of allylic oxidation sites excluding steroid dienone is 2. The number of fused-ring (bicyclic) bond motifs is 3. The number of hydrogen-bond acceptors (Lipinski definition) is 5. The molecule has 0 spiro atoms. The largest absolute Gasteiger partial charge is 0.480 e. The van der Waals surface area contributed by atoms with Gasteiger partial charge in [-0.1, -0.05) is 23.4 Å². The highest BCUT2D eigenvalue weighted by Gasteiger charge is 2.21. The van der Waals surface area contributed by atoms with Gasteiger partial charge in [0.25, 0.3) is 0 Å². The summed E-state index contributed by atoms with van der Waals surface area (Å²) in [6, 6.07) is 7.81. The van der Waals surface area contributed by atoms with Gasteiger partial charge in [0.1, 0.15) is 17.9 Å². The van der Waals surface area contributed by atoms with Crippen molar-refractivity contribution in [3.8, 4) is 0 Å². The number of aromatic nitrogens is 6. The molecule has 4 rings (SSSR count). The molecular formula is C20H18N6O3. The van der Waals surface area contributed by atoms with E-state index in [1.54, 1.807) is 17.5 Å². The highest BCUT2D eigenvalue weighted by atomic mass is 16.4. The zero-order valence-corrected chi connectivity index (χ0v) is 15.7. The molecule has 1 N–H and O–H groups in total. The van der Waals surface area contributed by atoms with Crippen molar-refractivity contribution in [2.45, 2.75) is 20.0 Å². The van der Waals surface area contributed by atoms with Crippen LogP contribution in [0.5, 0.6) is 0 Å². The van der Waals surface area contributed by atoms with E-state index in [1.165, 1.54) is 23.0 Å². The zero-order valence-electron chi connectivity index (χ0n) is 15.7. The number of aryl methyl sites for hydroxylation is 1. The van der Waals surface area contributed by atoms with E-state index in [2.05, 4.69) is 22.0 Å². The van der Waals surface area contributed by atoms with Crippen LogP contribution in [0.2, 0.25) is 0 Å². The Bertz CT molecular complexity index is 1290. The molecule has 9 nitrogen and oxygen atoms in total. The molecule has 0 aliphatic heterocycles. The van der Waals surface area contributed by atoms with Gasteiger partial charge in [-0.3, -0.25) is 9.59 Å². The second kappa shape index (κ2) is 7.19. The average Bonchev–Trinajstić information content (AvgIpc) is 3.34. The number of hydrogen-bond donors (Lipinski definition) is 1. The van der Waals surface area contributed by atoms with E-state index in [1.807, 2.05) is 28.8 Å². The van der Waals surface area contributed by atoms with Crippen molar-refractivity contribution in [1.29, 1.82) is 0 Å². The van der Waals surface area contributed by atoms with Crippen LogP contribution in [-0.4, -0.2) is 46.0 Å². The molecular weight excluding hydrogens is 372 g/mol. The molecule has 0 bridgehead atoms. The average molecular weight is 390 g/mol. The molecule has 0 aliphatic carbocycles. The van der Waals surface area contributed by atoms with Crippen molar-refractivity contribution in [3.05, 3.63) is 66.1 Å². The number of ketones is 1. The highest BCUT2D eigenvalue weighted by Crippen LogP contribution is 2.26. The zero-order chi connectivity index (χ0) is 20.5. The van der Waals surface area contributed by atoms with Gasteiger partial charge >= 0.3 is 5.97 Å². The number of aliphatic carboxylic acids is 1. The molecule has 0 atom stereocenters. The molecule has 0 radical (unpaired) electrons. The summed E-state index contributed by atoms with van der Waals surface area (Å²) in [7, 11) is 0. The number of para-hydroxylation sites is 2. The summed E-state index contributed by atoms with van der Waals surface area (Å²) >= 11 is 0. The predicted molar refractivity (Wildman–Crippen MR) is 107 cm³/mol. The Labute approximate surface area is 165 Å². The molecule has 0 fully saturated rings. The lowest BCUT2D eigenvalue weighted by molar-refractivity contribution is -0.137. The molecule has 0 saturated heterocycles. The maximum atomic E-state index is 13.0. The predicted octanol–water partition coefficient (Wildman–Crippen LogP) is 2.36. The number of carbonyl (C=O) groups is 2. The Hall–Kier alpha value is -4.01. The first kappa shape index (κ1) is 18.4. The van der Waals surface area contributed by atoms with Crippen molar-refractivity contribution >= 4 is 34.5 Å². The van der Waals surface area contributed by atoms with Crippen LogP contribution in [-0.2, 0) is 17.9 Å². The molecule has 1 aromatic carbocycles. The van der Waals surface area contributed by atoms with Crippen molar-refractivity contribution in [2.24, 2.45) is 0 Å². The highest BCUT2D eigenvalue weighted by molar-refractivity contribution is 6.12. The van der Waals surface area contributed by atoms with Crippen LogP contribution in [0.3, 0.4) is 0 Å². The number of imidazole rings is 1. The van der Waals surface area contributed by atoms with Crippen LogP contribution < -0.4 is 0 Å². The summed E-state index contributed by atoms with van der Waals surface area (Å²) in [5.41, 5.74) is 4.08. The van der Waals surface area contributed by atoms with E-state index in [9.17, 15) is 9.59 Å². The molecule has 3 heterocycles. The number of carbonyl (C=O) groups excluding carboxylic acids is 1. The van der Waals surface area contributed by atoms with Gasteiger partial charge in [-0.15, -0.1) is 11.7 Å². The molecule has 4 aromatic rings. The van der Waals surface area contributed by atoms with Gasteiger partial charge in [0.05, 0.1) is 28.5 Å². The van der Waals surface area contributed by atoms with Crippen molar-refractivity contribution < 1.29 is 14.7 Å². The fraction of sp³-hybridized carbons (Fsp3) is 0.150. The van der Waals surface area contributed by atoms with Crippen LogP contribution in [0, 0.1) is 6.92 Å². The van der Waals surface area contributed by atoms with E-state index in [0.29, 0.717) is 29.1 Å². The van der Waals surface area contributed by atoms with Gasteiger partial charge < -0.3 is 9.67 Å². The van der Waals surface area contributed by atoms with Crippen molar-refractivity contribution in [1.82, 2.24) is 29.2 Å². The lowest BCUT2D eigenvalue weighted by Gasteiger charge is -2.03. The first-order chi connectivity index (χ1) is 14.0. The minimum Gasteiger partial charge on any atom is -0.480 e. The maximum Gasteiger partial charge on any atom is 0.325 e. The van der Waals surface area contributed by atoms with Crippen molar-refractivity contribution in [3.63, 3.8) is 0 Å². The topological polar surface area (TPSA) is 107 Å². The minimum absolute atomic E-state index is 0.224. The van der Waals surface area contributed by atoms with Gasteiger partial charge in [0.2, 0.25) is 0 Å². The van der Waals surface area contributed by atoms with Crippen LogP contribution in [0.4, 0.5) is 0 Å². The summed E-state index contributed by atoms with van der Waals surface area (Å²) in [6.45, 7) is 5.86. The van der Waals surface area contributed by atoms with E-state index in [0.717, 1.165) is 11.0 Å². The lowest BCUT2D eigenvalue weighted by Crippen LogP contribution is -2.08. The quantitative estimate of drug-likeness (QED) is 0.295. The third-order valence-corrected chi connectivity index (χ3v) is 4.51. The summed E-state index contributed by atoms with van der Waals surface area (Å²) in [6.07, 6.45) is 6.15. The van der Waals surface area contributed by atoms with Crippen LogP contribution in [0.15, 0.2) is 49.2 Å².